The van der Waals surface area contributed by atoms with Crippen molar-refractivity contribution in [3.05, 3.63) is 117 Å². The van der Waals surface area contributed by atoms with Crippen LogP contribution in [0.15, 0.2) is 107 Å². The number of Topliss-reactive ketones (excluding diaryl/α,β-unsaturated/α-hetero) is 2. The number of amides is 2. The Bertz CT molecular complexity index is 1850. The molecule has 0 heterocycles. The van der Waals surface area contributed by atoms with Crippen molar-refractivity contribution in [2.75, 3.05) is 21.5 Å². The summed E-state index contributed by atoms with van der Waals surface area (Å²) in [6.07, 6.45) is 0. The smallest absolute Gasteiger partial charge is 0.506 e. The molecule has 4 rings (SSSR count). The molecule has 0 aliphatic carbocycles. The molecule has 0 unspecified atom stereocenters. The Morgan fingerprint density at radius 3 is 1.21 bits per heavy atom. The fraction of sp³-hybridized carbons (Fsp3) is 0.0625. The van der Waals surface area contributed by atoms with Crippen molar-refractivity contribution >= 4 is 68.9 Å². The van der Waals surface area contributed by atoms with Crippen LogP contribution >= 0.6 is 0 Å². The van der Waals surface area contributed by atoms with Gasteiger partial charge in [-0.15, -0.1) is 0 Å². The van der Waals surface area contributed by atoms with Gasteiger partial charge in [-0.05, 0) is 36.4 Å². The Hall–Kier alpha value is -5.97. The number of hydrogen-bond donors (Lipinski definition) is 6. The van der Waals surface area contributed by atoms with E-state index in [0.717, 1.165) is 50.2 Å². The van der Waals surface area contributed by atoms with E-state index in [0.29, 0.717) is 11.4 Å². The van der Waals surface area contributed by atoms with E-state index in [1.54, 1.807) is 60.7 Å². The maximum absolute atomic E-state index is 12.2. The van der Waals surface area contributed by atoms with Gasteiger partial charge in [-0.25, -0.2) is 0 Å². The molecule has 262 valence electrons. The number of anilines is 4. The van der Waals surface area contributed by atoms with Crippen molar-refractivity contribution in [1.29, 1.82) is 0 Å². The van der Waals surface area contributed by atoms with Crippen LogP contribution in [0.2, 0.25) is 0 Å². The van der Waals surface area contributed by atoms with Gasteiger partial charge in [0.2, 0.25) is 0 Å². The van der Waals surface area contributed by atoms with Gasteiger partial charge in [0.1, 0.15) is 22.9 Å². The molecular weight excluding hydrogens is 731 g/mol. The fourth-order valence-electron chi connectivity index (χ4n) is 3.69. The minimum absolute atomic E-state index is 0. The van der Waals surface area contributed by atoms with E-state index in [9.17, 15) is 49.6 Å². The summed E-state index contributed by atoms with van der Waals surface area (Å²) in [5.74, 6) is -3.38. The average Bonchev–Trinajstić information content (AvgIpc) is 3.07. The van der Waals surface area contributed by atoms with Crippen LogP contribution in [0.3, 0.4) is 0 Å². The number of nitrogens with one attached hydrogen (secondary N) is 4. The van der Waals surface area contributed by atoms with Crippen molar-refractivity contribution < 1.29 is 86.2 Å². The zero-order valence-corrected chi connectivity index (χ0v) is 30.9. The first-order valence-electron chi connectivity index (χ1n) is 14.1. The second-order valence-electron chi connectivity index (χ2n) is 9.81. The summed E-state index contributed by atoms with van der Waals surface area (Å²) in [6, 6.07) is 23.4. The Kier molecular flexibility index (Phi) is 18.0. The summed E-state index contributed by atoms with van der Waals surface area (Å²) in [7, 11) is 0. The quantitative estimate of drug-likeness (QED) is 0.0300. The molecule has 6 N–H and O–H groups in total. The standard InChI is InChI=1S/2C16H14N4O5.Cr.Na/c2*1-10(21)15(16(23)17-11-5-3-2-4-6-11)19-18-13-9-12(20(24)25)7-8-14(13)22;;/h2*2-9,18,22H,1H3,(H,17,23);;/q;;;+1/b2*19-15+;;. The maximum atomic E-state index is 12.2. The normalized spacial score (nSPS) is 10.4. The number of carbonyl (C=O) groups is 4. The molecule has 0 radical (unpaired) electrons. The third-order valence-electron chi connectivity index (χ3n) is 6.12. The van der Waals surface area contributed by atoms with Crippen LogP contribution in [0.4, 0.5) is 34.1 Å². The number of phenols is 2. The second-order valence-corrected chi connectivity index (χ2v) is 9.81. The van der Waals surface area contributed by atoms with E-state index < -0.39 is 44.7 Å². The first-order valence-corrected chi connectivity index (χ1v) is 14.1. The molecule has 52 heavy (non-hydrogen) atoms. The van der Waals surface area contributed by atoms with E-state index in [2.05, 4.69) is 31.7 Å². The van der Waals surface area contributed by atoms with Gasteiger partial charge in [0.25, 0.3) is 23.2 Å². The third kappa shape index (κ3) is 13.4. The molecular formula is C32H28CrN8NaO10+. The number of hydrazone groups is 2. The number of ketones is 2. The molecule has 20 heteroatoms. The molecule has 0 aromatic heterocycles. The zero-order chi connectivity index (χ0) is 36.8. The van der Waals surface area contributed by atoms with Gasteiger partial charge in [-0.2, -0.15) is 10.2 Å². The molecule has 4 aromatic carbocycles. The minimum atomic E-state index is -0.754. The molecule has 18 nitrogen and oxygen atoms in total. The molecule has 0 saturated carbocycles. The molecule has 0 aliphatic rings. The summed E-state index contributed by atoms with van der Waals surface area (Å²) < 4.78 is 0. The largest absolute Gasteiger partial charge is 1.00 e. The Morgan fingerprint density at radius 1 is 0.596 bits per heavy atom. The summed E-state index contributed by atoms with van der Waals surface area (Å²) in [5.41, 5.74) is 3.87. The summed E-state index contributed by atoms with van der Waals surface area (Å²) in [4.78, 5) is 67.9. The number of nitro groups is 2. The van der Waals surface area contributed by atoms with E-state index in [1.807, 2.05) is 0 Å². The average molecular weight is 760 g/mol. The first-order chi connectivity index (χ1) is 23.8. The van der Waals surface area contributed by atoms with Crippen LogP contribution in [0.5, 0.6) is 11.5 Å². The zero-order valence-electron chi connectivity index (χ0n) is 27.6. The molecule has 0 fully saturated rings. The number of non-ortho nitro benzene ring substituents is 2. The molecule has 0 saturated heterocycles. The van der Waals surface area contributed by atoms with Gasteiger partial charge in [-0.1, -0.05) is 36.4 Å². The van der Waals surface area contributed by atoms with Crippen LogP contribution in [0, 0.1) is 20.2 Å². The minimum Gasteiger partial charge on any atom is -0.506 e. The monoisotopic (exact) mass is 759 g/mol. The summed E-state index contributed by atoms with van der Waals surface area (Å²) in [6.45, 7) is 2.30. The van der Waals surface area contributed by atoms with Crippen molar-refractivity contribution in [2.24, 2.45) is 10.2 Å². The van der Waals surface area contributed by atoms with E-state index in [4.69, 9.17) is 0 Å². The molecule has 0 spiro atoms. The number of benzene rings is 4. The van der Waals surface area contributed by atoms with Gasteiger partial charge < -0.3 is 20.8 Å². The van der Waals surface area contributed by atoms with Crippen LogP contribution in [0.25, 0.3) is 0 Å². The summed E-state index contributed by atoms with van der Waals surface area (Å²) >= 11 is 0. The number of rotatable bonds is 12. The SMILES string of the molecule is CC(=O)/C(=N\Nc1cc([N+](=O)[O-])ccc1O)C(=O)Nc1ccccc1.CC(=O)/C(=N\Nc1cc([N+](=O)[O-])ccc1O)C(=O)Nc1ccccc1.[Cr].[Na+]. The number of nitro benzene ring substituents is 2. The molecule has 2 amide bonds. The van der Waals surface area contributed by atoms with Gasteiger partial charge in [0.05, 0.1) is 9.85 Å². The topological polar surface area (TPSA) is 268 Å². The first kappa shape index (κ1) is 44.1. The molecule has 0 aliphatic heterocycles. The van der Waals surface area contributed by atoms with Crippen molar-refractivity contribution in [2.45, 2.75) is 13.8 Å². The predicted molar refractivity (Wildman–Crippen MR) is 183 cm³/mol. The predicted octanol–water partition coefficient (Wildman–Crippen LogP) is 1.59. The number of aromatic hydroxyl groups is 2. The maximum Gasteiger partial charge on any atom is 1.00 e. The summed E-state index contributed by atoms with van der Waals surface area (Å²) in [5, 5.41) is 53.3. The Morgan fingerprint density at radius 2 is 0.923 bits per heavy atom. The van der Waals surface area contributed by atoms with Crippen molar-refractivity contribution in [3.63, 3.8) is 0 Å². The number of hydrogen-bond acceptors (Lipinski definition) is 14. The number of para-hydroxylation sites is 2. The molecule has 0 atom stereocenters. The number of nitrogens with zero attached hydrogens (tertiary/aromatic N) is 4. The van der Waals surface area contributed by atoms with Crippen LogP contribution in [-0.2, 0) is 36.5 Å². The third-order valence-corrected chi connectivity index (χ3v) is 6.12. The number of phenolic OH excluding ortho intramolecular Hbond substituents is 2. The number of carbonyl (C=O) groups excluding carboxylic acids is 4. The Balaban J connectivity index is 0.000000501. The van der Waals surface area contributed by atoms with Gasteiger partial charge in [-0.3, -0.25) is 50.3 Å². The van der Waals surface area contributed by atoms with Crippen molar-refractivity contribution in [1.82, 2.24) is 0 Å². The molecule has 4 aromatic rings. The van der Waals surface area contributed by atoms with Gasteiger partial charge in [0, 0.05) is 66.8 Å². The van der Waals surface area contributed by atoms with Crippen LogP contribution in [-0.4, -0.2) is 54.9 Å². The molecule has 0 bridgehead atoms. The van der Waals surface area contributed by atoms with Crippen LogP contribution in [0.1, 0.15) is 13.8 Å². The van der Waals surface area contributed by atoms with E-state index in [-0.39, 0.29) is 81.2 Å². The van der Waals surface area contributed by atoms with Gasteiger partial charge in [0.15, 0.2) is 23.0 Å². The van der Waals surface area contributed by atoms with Crippen molar-refractivity contribution in [3.8, 4) is 11.5 Å². The van der Waals surface area contributed by atoms with E-state index in [1.165, 1.54) is 0 Å². The fourth-order valence-corrected chi connectivity index (χ4v) is 3.69. The Labute approximate surface area is 327 Å². The van der Waals surface area contributed by atoms with E-state index >= 15 is 0 Å². The van der Waals surface area contributed by atoms with Gasteiger partial charge >= 0.3 is 29.6 Å². The van der Waals surface area contributed by atoms with Crippen LogP contribution < -0.4 is 51.0 Å². The second kappa shape index (κ2) is 21.3.